The topological polar surface area (TPSA) is 113 Å². The summed E-state index contributed by atoms with van der Waals surface area (Å²) in [6, 6.07) is 4.05. The molecule has 2 N–H and O–H groups in total. The van der Waals surface area contributed by atoms with Crippen molar-refractivity contribution in [1.29, 1.82) is 0 Å². The second-order valence-electron chi connectivity index (χ2n) is 10.9. The van der Waals surface area contributed by atoms with Crippen molar-refractivity contribution in [1.82, 2.24) is 25.0 Å². The van der Waals surface area contributed by atoms with Crippen molar-refractivity contribution >= 4 is 35.4 Å². The van der Waals surface area contributed by atoms with Gasteiger partial charge in [0.05, 0.1) is 18.3 Å². The van der Waals surface area contributed by atoms with Crippen LogP contribution in [0.25, 0.3) is 0 Å². The zero-order valence-corrected chi connectivity index (χ0v) is 21.4. The number of nitrogens with zero attached hydrogens (tertiary/aromatic N) is 6. The van der Waals surface area contributed by atoms with E-state index in [1.807, 2.05) is 30.3 Å². The molecule has 6 rings (SSSR count). The van der Waals surface area contributed by atoms with Crippen LogP contribution in [0.5, 0.6) is 0 Å². The summed E-state index contributed by atoms with van der Waals surface area (Å²) in [6.45, 7) is 3.96. The van der Waals surface area contributed by atoms with Crippen LogP contribution < -0.4 is 15.5 Å². The molecule has 0 aromatic carbocycles. The number of rotatable bonds is 4. The van der Waals surface area contributed by atoms with Gasteiger partial charge in [0.2, 0.25) is 17.7 Å². The van der Waals surface area contributed by atoms with E-state index >= 15 is 0 Å². The monoisotopic (exact) mass is 506 g/mol. The van der Waals surface area contributed by atoms with Crippen molar-refractivity contribution in [2.45, 2.75) is 50.9 Å². The number of aromatic nitrogens is 1. The van der Waals surface area contributed by atoms with Crippen molar-refractivity contribution < 1.29 is 14.4 Å². The fourth-order valence-corrected chi connectivity index (χ4v) is 6.28. The van der Waals surface area contributed by atoms with Crippen LogP contribution in [0.3, 0.4) is 0 Å². The summed E-state index contributed by atoms with van der Waals surface area (Å²) >= 11 is 0. The number of aliphatic imine (C=N–C) groups is 1. The number of pyridine rings is 1. The molecule has 1 saturated carbocycles. The molecule has 3 amide bonds. The molecule has 5 aliphatic rings. The molecule has 0 bridgehead atoms. The quantitative estimate of drug-likeness (QED) is 0.459. The molecule has 196 valence electrons. The van der Waals surface area contributed by atoms with E-state index in [1.54, 1.807) is 11.1 Å². The lowest BCUT2D eigenvalue weighted by molar-refractivity contribution is -0.151. The zero-order chi connectivity index (χ0) is 25.7. The Hall–Kier alpha value is -3.47. The summed E-state index contributed by atoms with van der Waals surface area (Å²) in [7, 11) is 4.05. The first-order valence-electron chi connectivity index (χ1n) is 13.2. The van der Waals surface area contributed by atoms with Crippen LogP contribution in [0.15, 0.2) is 34.7 Å². The fraction of sp³-hybridized carbons (Fsp3) is 0.577. The van der Waals surface area contributed by atoms with E-state index in [-0.39, 0.29) is 30.7 Å². The number of hydrogen-bond donors (Lipinski definition) is 2. The number of nitrogens with one attached hydrogen (secondary N) is 2. The van der Waals surface area contributed by atoms with E-state index in [2.05, 4.69) is 32.5 Å². The summed E-state index contributed by atoms with van der Waals surface area (Å²) < 4.78 is 0. The molecule has 1 aliphatic carbocycles. The third kappa shape index (κ3) is 4.05. The second kappa shape index (κ2) is 9.13. The molecule has 2 unspecified atom stereocenters. The molecule has 3 fully saturated rings. The Morgan fingerprint density at radius 3 is 2.43 bits per heavy atom. The van der Waals surface area contributed by atoms with Crippen molar-refractivity contribution in [3.8, 4) is 0 Å². The van der Waals surface area contributed by atoms with Crippen LogP contribution in [-0.2, 0) is 14.4 Å². The molecule has 11 heteroatoms. The maximum absolute atomic E-state index is 13.9. The minimum Gasteiger partial charge on any atom is -0.354 e. The van der Waals surface area contributed by atoms with E-state index in [4.69, 9.17) is 4.99 Å². The number of carbonyl (C=O) groups excluding carboxylic acids is 3. The molecular weight excluding hydrogens is 472 g/mol. The Balaban J connectivity index is 1.24. The summed E-state index contributed by atoms with van der Waals surface area (Å²) in [5.41, 5.74) is 0.289. The van der Waals surface area contributed by atoms with Gasteiger partial charge in [0, 0.05) is 57.5 Å². The van der Waals surface area contributed by atoms with Crippen LogP contribution in [0, 0.1) is 5.41 Å². The first-order chi connectivity index (χ1) is 17.9. The van der Waals surface area contributed by atoms with Gasteiger partial charge in [-0.1, -0.05) is 12.8 Å². The Bertz CT molecular complexity index is 1170. The molecule has 5 heterocycles. The summed E-state index contributed by atoms with van der Waals surface area (Å²) in [5, 5.41) is 5.80. The van der Waals surface area contributed by atoms with Crippen molar-refractivity contribution in [3.63, 3.8) is 0 Å². The maximum Gasteiger partial charge on any atom is 0.244 e. The van der Waals surface area contributed by atoms with E-state index in [9.17, 15) is 14.4 Å². The van der Waals surface area contributed by atoms with Crippen molar-refractivity contribution in [3.05, 3.63) is 29.7 Å². The number of anilines is 2. The molecule has 2 atom stereocenters. The van der Waals surface area contributed by atoms with Gasteiger partial charge in [-0.15, -0.1) is 0 Å². The van der Waals surface area contributed by atoms with Gasteiger partial charge in [-0.2, -0.15) is 0 Å². The average Bonchev–Trinajstić information content (AvgIpc) is 3.51. The predicted molar refractivity (Wildman–Crippen MR) is 139 cm³/mol. The first-order valence-corrected chi connectivity index (χ1v) is 13.2. The number of allylic oxidation sites excluding steroid dienone is 1. The van der Waals surface area contributed by atoms with Crippen LogP contribution in [-0.4, -0.2) is 96.2 Å². The molecule has 4 aliphatic heterocycles. The maximum atomic E-state index is 13.9. The van der Waals surface area contributed by atoms with Gasteiger partial charge in [0.1, 0.15) is 17.1 Å². The van der Waals surface area contributed by atoms with Crippen LogP contribution in [0.2, 0.25) is 0 Å². The minimum absolute atomic E-state index is 0.0114. The Morgan fingerprint density at radius 1 is 1.03 bits per heavy atom. The van der Waals surface area contributed by atoms with Crippen molar-refractivity contribution in [2.24, 2.45) is 10.4 Å². The smallest absolute Gasteiger partial charge is 0.244 e. The number of carbonyl (C=O) groups is 3. The fourth-order valence-electron chi connectivity index (χ4n) is 6.28. The highest BCUT2D eigenvalue weighted by molar-refractivity contribution is 6.19. The summed E-state index contributed by atoms with van der Waals surface area (Å²) in [4.78, 5) is 56.7. The molecule has 1 aromatic heterocycles. The van der Waals surface area contributed by atoms with E-state index < -0.39 is 17.6 Å². The molecule has 2 saturated heterocycles. The van der Waals surface area contributed by atoms with Gasteiger partial charge in [0.15, 0.2) is 6.29 Å². The number of piperazine rings is 1. The normalized spacial score (nSPS) is 29.0. The molecule has 11 nitrogen and oxygen atoms in total. The number of amides is 3. The van der Waals surface area contributed by atoms with Gasteiger partial charge in [0.25, 0.3) is 0 Å². The number of imide groups is 1. The minimum atomic E-state index is -1.37. The highest BCUT2D eigenvalue weighted by Gasteiger charge is 2.59. The summed E-state index contributed by atoms with van der Waals surface area (Å²) in [6.07, 6.45) is 7.10. The number of likely N-dealkylation sites (N-methyl/N-ethyl adjacent to an activating group) is 1. The van der Waals surface area contributed by atoms with Gasteiger partial charge in [-0.05, 0) is 32.0 Å². The average molecular weight is 507 g/mol. The lowest BCUT2D eigenvalue weighted by atomic mass is 9.75. The standard InChI is InChI=1S/C26H34N8O3/c1-31-9-11-33(12-10-31)20-8-7-18(16-27-20)29-25-28-15-17-13-26(14-21(35)30-23(26)36)24(37)34(22(17)32(25)2)19-5-3-4-6-19/h7-8,15-16,19,25,29H,3-6,9-14H2,1-2H3,(H,30,35,36). The number of hydrogen-bond acceptors (Lipinski definition) is 9. The van der Waals surface area contributed by atoms with Gasteiger partial charge in [-0.3, -0.25) is 24.6 Å². The Labute approximate surface area is 216 Å². The first kappa shape index (κ1) is 23.9. The Morgan fingerprint density at radius 2 is 1.78 bits per heavy atom. The predicted octanol–water partition coefficient (Wildman–Crippen LogP) is 0.965. The molecule has 1 spiro atoms. The Kier molecular flexibility index (Phi) is 5.89. The third-order valence-electron chi connectivity index (χ3n) is 8.42. The molecular formula is C26H34N8O3. The summed E-state index contributed by atoms with van der Waals surface area (Å²) in [5.74, 6) is 0.607. The highest BCUT2D eigenvalue weighted by atomic mass is 16.2. The van der Waals surface area contributed by atoms with E-state index in [0.717, 1.165) is 74.8 Å². The van der Waals surface area contributed by atoms with Gasteiger partial charge in [-0.25, -0.2) is 9.98 Å². The highest BCUT2D eigenvalue weighted by Crippen LogP contribution is 2.46. The van der Waals surface area contributed by atoms with E-state index in [1.165, 1.54) is 0 Å². The van der Waals surface area contributed by atoms with E-state index in [0.29, 0.717) is 0 Å². The lowest BCUT2D eigenvalue weighted by Crippen LogP contribution is -2.59. The second-order valence-corrected chi connectivity index (χ2v) is 10.9. The van der Waals surface area contributed by atoms with Crippen LogP contribution in [0.4, 0.5) is 11.5 Å². The SMILES string of the molecule is CN1CCN(c2ccc(NC3N=CC4=C(N3C)N(C3CCCC3)C(=O)C3(CC(=O)NC3=O)C4)cn2)CC1. The van der Waals surface area contributed by atoms with Crippen LogP contribution in [0.1, 0.15) is 38.5 Å². The zero-order valence-electron chi connectivity index (χ0n) is 21.4. The van der Waals surface area contributed by atoms with Gasteiger partial charge >= 0.3 is 0 Å². The lowest BCUT2D eigenvalue weighted by Gasteiger charge is -2.47. The van der Waals surface area contributed by atoms with Crippen molar-refractivity contribution in [2.75, 3.05) is 50.5 Å². The molecule has 37 heavy (non-hydrogen) atoms. The van der Waals surface area contributed by atoms with Gasteiger partial charge < -0.3 is 20.0 Å². The van der Waals surface area contributed by atoms with Crippen LogP contribution >= 0.6 is 0 Å². The molecule has 0 radical (unpaired) electrons. The molecule has 1 aromatic rings. The third-order valence-corrected chi connectivity index (χ3v) is 8.42. The largest absolute Gasteiger partial charge is 0.354 e.